The number of thiazole rings is 1. The number of carbonyl (C=O) groups is 1. The molecule has 2 aromatic heterocycles. The zero-order chi connectivity index (χ0) is 24.8. The van der Waals surface area contributed by atoms with Gasteiger partial charge >= 0.3 is 12.1 Å². The number of aliphatic carboxylic acids is 1. The van der Waals surface area contributed by atoms with E-state index in [-0.39, 0.29) is 0 Å². The number of nitrogens with zero attached hydrogens (tertiary/aromatic N) is 2. The van der Waals surface area contributed by atoms with Crippen LogP contribution in [0, 0.1) is 13.8 Å². The number of hydrogen-bond acceptors (Lipinski definition) is 4. The number of aromatic nitrogens is 2. The highest BCUT2D eigenvalue weighted by Crippen LogP contribution is 2.36. The molecule has 4 nitrogen and oxygen atoms in total. The number of halogens is 3. The van der Waals surface area contributed by atoms with Gasteiger partial charge in [-0.2, -0.15) is 13.2 Å². The molecule has 0 amide bonds. The van der Waals surface area contributed by atoms with Gasteiger partial charge in [0.15, 0.2) is 0 Å². The van der Waals surface area contributed by atoms with E-state index in [1.54, 1.807) is 30.2 Å². The van der Waals surface area contributed by atoms with Gasteiger partial charge in [0.1, 0.15) is 10.5 Å². The van der Waals surface area contributed by atoms with Crippen LogP contribution in [-0.2, 0) is 22.3 Å². The Bertz CT molecular complexity index is 1370. The lowest BCUT2D eigenvalue weighted by atomic mass is 10.1. The van der Waals surface area contributed by atoms with Crippen molar-refractivity contribution < 1.29 is 23.1 Å². The van der Waals surface area contributed by atoms with E-state index in [0.717, 1.165) is 44.1 Å². The van der Waals surface area contributed by atoms with E-state index >= 15 is 0 Å². The van der Waals surface area contributed by atoms with Gasteiger partial charge in [0.25, 0.3) is 0 Å². The summed E-state index contributed by atoms with van der Waals surface area (Å²) in [6.07, 6.45) is -2.49. The minimum Gasteiger partial charge on any atom is -0.480 e. The molecule has 0 spiro atoms. The molecule has 0 saturated carbocycles. The minimum absolute atomic E-state index is 0.664. The van der Waals surface area contributed by atoms with Gasteiger partial charge < -0.3 is 9.67 Å². The standard InChI is InChI=1S/C25H23F3N2O2S2/c1-14-12-30(24(3,4)23(31)32)20-10-9-18(11-19(14)20)33-13-21-15(2)29-22(34-21)16-5-7-17(8-6-16)25(26,27)28/h5-12H,13H2,1-4H3,(H,31,32). The maximum atomic E-state index is 12.8. The Hall–Kier alpha value is -2.78. The molecular formula is C25H23F3N2O2S2. The summed E-state index contributed by atoms with van der Waals surface area (Å²) in [7, 11) is 0. The molecule has 0 fully saturated rings. The SMILES string of the molecule is Cc1nc(-c2ccc(C(F)(F)F)cc2)sc1CSc1ccc2c(c1)c(C)cn2C(C)(C)C(=O)O. The van der Waals surface area contributed by atoms with Crippen LogP contribution in [0.15, 0.2) is 53.6 Å². The first-order valence-corrected chi connectivity index (χ1v) is 12.3. The Morgan fingerprint density at radius 3 is 2.41 bits per heavy atom. The van der Waals surface area contributed by atoms with Crippen LogP contribution in [0.5, 0.6) is 0 Å². The summed E-state index contributed by atoms with van der Waals surface area (Å²) in [6.45, 7) is 7.23. The molecule has 2 aromatic carbocycles. The fourth-order valence-corrected chi connectivity index (χ4v) is 5.81. The third-order valence-corrected chi connectivity index (χ3v) is 8.23. The first kappa shape index (κ1) is 24.3. The molecule has 34 heavy (non-hydrogen) atoms. The number of fused-ring (bicyclic) bond motifs is 1. The van der Waals surface area contributed by atoms with Crippen molar-refractivity contribution in [3.63, 3.8) is 0 Å². The number of hydrogen-bond donors (Lipinski definition) is 1. The average Bonchev–Trinajstić information content (AvgIpc) is 3.31. The third-order valence-electron chi connectivity index (χ3n) is 5.82. The number of carboxylic acids is 1. The first-order chi connectivity index (χ1) is 15.9. The number of thioether (sulfide) groups is 1. The summed E-state index contributed by atoms with van der Waals surface area (Å²) in [4.78, 5) is 18.4. The first-order valence-electron chi connectivity index (χ1n) is 10.5. The van der Waals surface area contributed by atoms with Gasteiger partial charge in [-0.15, -0.1) is 23.1 Å². The van der Waals surface area contributed by atoms with Crippen molar-refractivity contribution in [3.8, 4) is 10.6 Å². The number of aryl methyl sites for hydroxylation is 2. The van der Waals surface area contributed by atoms with Crippen molar-refractivity contribution in [1.29, 1.82) is 0 Å². The minimum atomic E-state index is -4.36. The van der Waals surface area contributed by atoms with E-state index in [1.165, 1.54) is 23.5 Å². The Kier molecular flexibility index (Phi) is 6.29. The fourth-order valence-electron chi connectivity index (χ4n) is 3.67. The predicted octanol–water partition coefficient (Wildman–Crippen LogP) is 7.51. The van der Waals surface area contributed by atoms with Gasteiger partial charge in [0, 0.05) is 38.2 Å². The molecule has 9 heteroatoms. The van der Waals surface area contributed by atoms with Gasteiger partial charge in [-0.1, -0.05) is 12.1 Å². The molecule has 4 rings (SSSR count). The molecule has 0 saturated heterocycles. The second-order valence-electron chi connectivity index (χ2n) is 8.62. The number of rotatable bonds is 6. The molecule has 0 aliphatic heterocycles. The average molecular weight is 505 g/mol. The largest absolute Gasteiger partial charge is 0.480 e. The van der Waals surface area contributed by atoms with Crippen molar-refractivity contribution in [3.05, 3.63) is 70.4 Å². The molecule has 178 valence electrons. The lowest BCUT2D eigenvalue weighted by molar-refractivity contribution is -0.145. The third kappa shape index (κ3) is 4.59. The smallest absolute Gasteiger partial charge is 0.416 e. The maximum absolute atomic E-state index is 12.8. The molecular weight excluding hydrogens is 481 g/mol. The normalized spacial score (nSPS) is 12.4. The number of alkyl halides is 3. The fraction of sp³-hybridized carbons (Fsp3) is 0.280. The molecule has 0 aliphatic carbocycles. The van der Waals surface area contributed by atoms with E-state index in [9.17, 15) is 23.1 Å². The van der Waals surface area contributed by atoms with Crippen LogP contribution in [0.3, 0.4) is 0 Å². The molecule has 2 heterocycles. The summed E-state index contributed by atoms with van der Waals surface area (Å²) >= 11 is 3.12. The van der Waals surface area contributed by atoms with Gasteiger partial charge in [0.2, 0.25) is 0 Å². The summed E-state index contributed by atoms with van der Waals surface area (Å²) in [5, 5.41) is 11.3. The molecule has 4 aromatic rings. The highest BCUT2D eigenvalue weighted by atomic mass is 32.2. The Labute approximate surface area is 203 Å². The summed E-state index contributed by atoms with van der Waals surface area (Å²) in [5.41, 5.74) is 1.66. The van der Waals surface area contributed by atoms with Crippen LogP contribution < -0.4 is 0 Å². The van der Waals surface area contributed by atoms with E-state index in [1.807, 2.05) is 32.2 Å². The van der Waals surface area contributed by atoms with Gasteiger partial charge in [-0.25, -0.2) is 9.78 Å². The summed E-state index contributed by atoms with van der Waals surface area (Å²) in [5.74, 6) is -0.219. The highest BCUT2D eigenvalue weighted by Gasteiger charge is 2.31. The van der Waals surface area contributed by atoms with Crippen molar-refractivity contribution in [1.82, 2.24) is 9.55 Å². The molecule has 1 N–H and O–H groups in total. The van der Waals surface area contributed by atoms with E-state index < -0.39 is 23.2 Å². The van der Waals surface area contributed by atoms with Crippen molar-refractivity contribution in [2.45, 2.75) is 50.1 Å². The molecule has 0 unspecified atom stereocenters. The maximum Gasteiger partial charge on any atom is 0.416 e. The van der Waals surface area contributed by atoms with Crippen molar-refractivity contribution in [2.24, 2.45) is 0 Å². The summed E-state index contributed by atoms with van der Waals surface area (Å²) < 4.78 is 40.3. The lowest BCUT2D eigenvalue weighted by Gasteiger charge is -2.23. The quantitative estimate of drug-likeness (QED) is 0.276. The van der Waals surface area contributed by atoms with Gasteiger partial charge in [-0.05, 0) is 63.6 Å². The van der Waals surface area contributed by atoms with Crippen LogP contribution in [-0.4, -0.2) is 20.6 Å². The van der Waals surface area contributed by atoms with Crippen LogP contribution >= 0.6 is 23.1 Å². The Balaban J connectivity index is 1.54. The zero-order valence-corrected chi connectivity index (χ0v) is 20.7. The molecule has 0 atom stereocenters. The molecule has 0 radical (unpaired) electrons. The highest BCUT2D eigenvalue weighted by molar-refractivity contribution is 7.98. The Morgan fingerprint density at radius 1 is 1.12 bits per heavy atom. The number of benzene rings is 2. The topological polar surface area (TPSA) is 55.1 Å². The van der Waals surface area contributed by atoms with E-state index in [4.69, 9.17) is 0 Å². The second-order valence-corrected chi connectivity index (χ2v) is 10.7. The predicted molar refractivity (Wildman–Crippen MR) is 130 cm³/mol. The second kappa shape index (κ2) is 8.78. The number of carboxylic acid groups (broad SMARTS) is 1. The lowest BCUT2D eigenvalue weighted by Crippen LogP contribution is -2.34. The van der Waals surface area contributed by atoms with Crippen LogP contribution in [0.1, 0.15) is 35.5 Å². The van der Waals surface area contributed by atoms with Crippen LogP contribution in [0.4, 0.5) is 13.2 Å². The Morgan fingerprint density at radius 2 is 1.79 bits per heavy atom. The van der Waals surface area contributed by atoms with Gasteiger partial charge in [0.05, 0.1) is 11.3 Å². The van der Waals surface area contributed by atoms with E-state index in [0.29, 0.717) is 16.3 Å². The monoisotopic (exact) mass is 504 g/mol. The van der Waals surface area contributed by atoms with E-state index in [2.05, 4.69) is 11.1 Å². The van der Waals surface area contributed by atoms with Crippen molar-refractivity contribution in [2.75, 3.05) is 0 Å². The van der Waals surface area contributed by atoms with Crippen LogP contribution in [0.2, 0.25) is 0 Å². The molecule has 0 aliphatic rings. The zero-order valence-electron chi connectivity index (χ0n) is 19.0. The van der Waals surface area contributed by atoms with Crippen molar-refractivity contribution >= 4 is 40.0 Å². The molecule has 0 bridgehead atoms. The summed E-state index contributed by atoms with van der Waals surface area (Å²) in [6, 6.07) is 11.1. The van der Waals surface area contributed by atoms with Crippen LogP contribution in [0.25, 0.3) is 21.5 Å². The van der Waals surface area contributed by atoms with Gasteiger partial charge in [-0.3, -0.25) is 0 Å².